The van der Waals surface area contributed by atoms with Gasteiger partial charge in [0, 0.05) is 6.54 Å². The van der Waals surface area contributed by atoms with Gasteiger partial charge in [0.05, 0.1) is 13.0 Å². The van der Waals surface area contributed by atoms with Crippen molar-refractivity contribution in [2.75, 3.05) is 6.61 Å². The Morgan fingerprint density at radius 3 is 2.79 bits per heavy atom. The maximum Gasteiger partial charge on any atom is 0.310 e. The van der Waals surface area contributed by atoms with Crippen LogP contribution in [0, 0.1) is 11.3 Å². The molecule has 7 heteroatoms. The van der Waals surface area contributed by atoms with Gasteiger partial charge in [-0.15, -0.1) is 0 Å². The molecule has 2 N–H and O–H groups in total. The van der Waals surface area contributed by atoms with E-state index in [1.807, 2.05) is 0 Å². The number of carbonyl (C=O) groups is 1. The van der Waals surface area contributed by atoms with Crippen LogP contribution in [-0.2, 0) is 22.5 Å². The molecule has 0 saturated heterocycles. The van der Waals surface area contributed by atoms with Crippen molar-refractivity contribution in [1.82, 2.24) is 4.98 Å². The lowest BCUT2D eigenvalue weighted by Crippen LogP contribution is -2.15. The number of alkyl halides is 2. The highest BCUT2D eigenvalue weighted by molar-refractivity contribution is 5.73. The summed E-state index contributed by atoms with van der Waals surface area (Å²) in [7, 11) is 0. The van der Waals surface area contributed by atoms with Crippen LogP contribution in [0.15, 0.2) is 6.07 Å². The summed E-state index contributed by atoms with van der Waals surface area (Å²) in [5.41, 5.74) is 5.06. The third-order valence-corrected chi connectivity index (χ3v) is 2.42. The summed E-state index contributed by atoms with van der Waals surface area (Å²) >= 11 is 0. The minimum atomic E-state index is -2.89. The number of ether oxygens (including phenoxy) is 1. The first-order valence-electron chi connectivity index (χ1n) is 5.60. The number of rotatable bonds is 5. The monoisotopic (exact) mass is 269 g/mol. The highest BCUT2D eigenvalue weighted by Crippen LogP contribution is 2.25. The summed E-state index contributed by atoms with van der Waals surface area (Å²) in [5, 5.41) is 8.73. The number of esters is 1. The van der Waals surface area contributed by atoms with Crippen LogP contribution in [0.3, 0.4) is 0 Å². The number of halogens is 2. The summed E-state index contributed by atoms with van der Waals surface area (Å²) in [6, 6.07) is 2.99. The Kier molecular flexibility index (Phi) is 5.33. The highest BCUT2D eigenvalue weighted by Gasteiger charge is 2.21. The second-order valence-electron chi connectivity index (χ2n) is 3.63. The molecular formula is C12H13F2N3O2. The van der Waals surface area contributed by atoms with Gasteiger partial charge in [-0.05, 0) is 24.1 Å². The van der Waals surface area contributed by atoms with E-state index in [2.05, 4.69) is 4.98 Å². The minimum Gasteiger partial charge on any atom is -0.466 e. The molecule has 19 heavy (non-hydrogen) atoms. The number of hydrogen-bond donors (Lipinski definition) is 1. The van der Waals surface area contributed by atoms with Crippen molar-refractivity contribution >= 4 is 5.97 Å². The van der Waals surface area contributed by atoms with E-state index in [0.717, 1.165) is 0 Å². The molecule has 1 aromatic heterocycles. The van der Waals surface area contributed by atoms with Gasteiger partial charge in [-0.3, -0.25) is 4.79 Å². The number of pyridine rings is 1. The van der Waals surface area contributed by atoms with E-state index < -0.39 is 18.1 Å². The number of nitrogens with two attached hydrogens (primary N) is 1. The van der Waals surface area contributed by atoms with Gasteiger partial charge in [-0.1, -0.05) is 0 Å². The summed E-state index contributed by atoms with van der Waals surface area (Å²) in [5.74, 6) is -0.634. The van der Waals surface area contributed by atoms with Crippen molar-refractivity contribution in [3.8, 4) is 6.07 Å². The van der Waals surface area contributed by atoms with Crippen LogP contribution < -0.4 is 5.73 Å². The Hall–Kier alpha value is -2.07. The fraction of sp³-hybridized carbons (Fsp3) is 0.417. The molecule has 0 fully saturated rings. The topological polar surface area (TPSA) is 89.0 Å². The molecule has 0 aromatic carbocycles. The SMILES string of the molecule is CCOC(=O)Cc1c(CN)cc(C#N)nc1C(F)F. The zero-order chi connectivity index (χ0) is 14.4. The van der Waals surface area contributed by atoms with Crippen LogP contribution in [0.4, 0.5) is 8.78 Å². The average molecular weight is 269 g/mol. The fourth-order valence-corrected chi connectivity index (χ4v) is 1.63. The number of hydrogen-bond acceptors (Lipinski definition) is 5. The quantitative estimate of drug-likeness (QED) is 0.817. The first-order chi connectivity index (χ1) is 9.03. The van der Waals surface area contributed by atoms with Gasteiger partial charge in [0.25, 0.3) is 6.43 Å². The second-order valence-corrected chi connectivity index (χ2v) is 3.63. The standard InChI is InChI=1S/C12H13F2N3O2/c1-2-19-10(18)4-9-7(5-15)3-8(6-16)17-11(9)12(13)14/h3,12H,2,4-5,15H2,1H3. The van der Waals surface area contributed by atoms with E-state index in [1.54, 1.807) is 13.0 Å². The lowest BCUT2D eigenvalue weighted by Gasteiger charge is -2.12. The molecule has 0 atom stereocenters. The minimum absolute atomic E-state index is 0.0370. The first kappa shape index (κ1) is 15.0. The lowest BCUT2D eigenvalue weighted by molar-refractivity contribution is -0.142. The van der Waals surface area contributed by atoms with Gasteiger partial charge in [-0.25, -0.2) is 13.8 Å². The predicted molar refractivity (Wildman–Crippen MR) is 62.1 cm³/mol. The molecule has 0 amide bonds. The van der Waals surface area contributed by atoms with E-state index >= 15 is 0 Å². The number of nitriles is 1. The first-order valence-corrected chi connectivity index (χ1v) is 5.60. The van der Waals surface area contributed by atoms with Crippen LogP contribution in [-0.4, -0.2) is 17.6 Å². The molecule has 0 aliphatic carbocycles. The van der Waals surface area contributed by atoms with E-state index in [1.165, 1.54) is 6.07 Å². The number of nitrogens with zero attached hydrogens (tertiary/aromatic N) is 2. The van der Waals surface area contributed by atoms with Gasteiger partial charge in [0.2, 0.25) is 0 Å². The highest BCUT2D eigenvalue weighted by atomic mass is 19.3. The molecule has 1 rings (SSSR count). The van der Waals surface area contributed by atoms with Crippen molar-refractivity contribution in [2.24, 2.45) is 5.73 Å². The fourth-order valence-electron chi connectivity index (χ4n) is 1.63. The molecule has 0 aliphatic rings. The van der Waals surface area contributed by atoms with Gasteiger partial charge in [0.15, 0.2) is 0 Å². The van der Waals surface area contributed by atoms with Crippen LogP contribution in [0.1, 0.15) is 35.9 Å². The normalized spacial score (nSPS) is 10.3. The van der Waals surface area contributed by atoms with Crippen LogP contribution in [0.5, 0.6) is 0 Å². The summed E-state index contributed by atoms with van der Waals surface area (Å²) < 4.78 is 30.6. The Morgan fingerprint density at radius 1 is 1.63 bits per heavy atom. The molecule has 102 valence electrons. The molecular weight excluding hydrogens is 256 g/mol. The number of aromatic nitrogens is 1. The molecule has 0 unspecified atom stereocenters. The summed E-state index contributed by atoms with van der Waals surface area (Å²) in [6.07, 6.45) is -3.22. The predicted octanol–water partition coefficient (Wildman–Crippen LogP) is 1.46. The molecule has 1 heterocycles. The Morgan fingerprint density at radius 2 is 2.32 bits per heavy atom. The van der Waals surface area contributed by atoms with Crippen LogP contribution in [0.2, 0.25) is 0 Å². The van der Waals surface area contributed by atoms with Gasteiger partial charge in [0.1, 0.15) is 17.5 Å². The summed E-state index contributed by atoms with van der Waals surface area (Å²) in [4.78, 5) is 14.9. The van der Waals surface area contributed by atoms with Crippen LogP contribution >= 0.6 is 0 Å². The Balaban J connectivity index is 3.26. The zero-order valence-corrected chi connectivity index (χ0v) is 10.3. The molecule has 0 saturated carbocycles. The smallest absolute Gasteiger partial charge is 0.310 e. The van der Waals surface area contributed by atoms with Crippen molar-refractivity contribution < 1.29 is 18.3 Å². The molecule has 5 nitrogen and oxygen atoms in total. The molecule has 1 aromatic rings. The van der Waals surface area contributed by atoms with Crippen molar-refractivity contribution in [2.45, 2.75) is 26.3 Å². The van der Waals surface area contributed by atoms with E-state index in [-0.39, 0.29) is 30.8 Å². The lowest BCUT2D eigenvalue weighted by atomic mass is 10.0. The average Bonchev–Trinajstić information content (AvgIpc) is 2.38. The molecule has 0 radical (unpaired) electrons. The summed E-state index contributed by atoms with van der Waals surface area (Å²) in [6.45, 7) is 1.71. The van der Waals surface area contributed by atoms with Crippen molar-refractivity contribution in [3.05, 3.63) is 28.6 Å². The van der Waals surface area contributed by atoms with E-state index in [4.69, 9.17) is 15.7 Å². The van der Waals surface area contributed by atoms with Crippen molar-refractivity contribution in [1.29, 1.82) is 5.26 Å². The third-order valence-electron chi connectivity index (χ3n) is 2.42. The van der Waals surface area contributed by atoms with Crippen LogP contribution in [0.25, 0.3) is 0 Å². The van der Waals surface area contributed by atoms with E-state index in [0.29, 0.717) is 5.56 Å². The van der Waals surface area contributed by atoms with Gasteiger partial charge >= 0.3 is 5.97 Å². The second kappa shape index (κ2) is 6.75. The number of carbonyl (C=O) groups excluding carboxylic acids is 1. The Labute approximate surface area is 109 Å². The van der Waals surface area contributed by atoms with Crippen molar-refractivity contribution in [3.63, 3.8) is 0 Å². The Bertz CT molecular complexity index is 512. The maximum absolute atomic E-state index is 12.9. The molecule has 0 spiro atoms. The molecule has 0 aliphatic heterocycles. The van der Waals surface area contributed by atoms with Gasteiger partial charge < -0.3 is 10.5 Å². The van der Waals surface area contributed by atoms with Gasteiger partial charge in [-0.2, -0.15) is 5.26 Å². The largest absolute Gasteiger partial charge is 0.466 e. The zero-order valence-electron chi connectivity index (χ0n) is 10.3. The maximum atomic E-state index is 12.9. The van der Waals surface area contributed by atoms with E-state index in [9.17, 15) is 13.6 Å². The molecule has 0 bridgehead atoms. The third kappa shape index (κ3) is 3.69.